The van der Waals surface area contributed by atoms with Gasteiger partial charge in [-0.05, 0) is 60.1 Å². The average molecular weight is 486 g/mol. The number of rotatable bonds is 7. The lowest BCUT2D eigenvalue weighted by atomic mass is 9.97. The summed E-state index contributed by atoms with van der Waals surface area (Å²) in [6.45, 7) is 9.88. The van der Waals surface area contributed by atoms with Gasteiger partial charge in [0.15, 0.2) is 0 Å². The van der Waals surface area contributed by atoms with Gasteiger partial charge in [-0.3, -0.25) is 0 Å². The molecule has 0 spiro atoms. The van der Waals surface area contributed by atoms with Gasteiger partial charge in [-0.1, -0.05) is 86.6 Å². The predicted molar refractivity (Wildman–Crippen MR) is 142 cm³/mol. The van der Waals surface area contributed by atoms with Gasteiger partial charge in [-0.2, -0.15) is 0 Å². The van der Waals surface area contributed by atoms with E-state index in [2.05, 4.69) is 55.6 Å². The van der Waals surface area contributed by atoms with Crippen LogP contribution in [0.25, 0.3) is 11.1 Å². The fraction of sp³-hybridized carbons (Fsp3) is 0.355. The van der Waals surface area contributed by atoms with Crippen molar-refractivity contribution in [2.24, 2.45) is 0 Å². The Balaban J connectivity index is 1.48. The van der Waals surface area contributed by atoms with Crippen LogP contribution < -0.4 is 5.32 Å². The monoisotopic (exact) mass is 485 g/mol. The van der Waals surface area contributed by atoms with E-state index in [0.29, 0.717) is 12.3 Å². The van der Waals surface area contributed by atoms with E-state index in [1.165, 1.54) is 16.7 Å². The Labute approximate surface area is 213 Å². The molecule has 36 heavy (non-hydrogen) atoms. The van der Waals surface area contributed by atoms with Gasteiger partial charge in [-0.25, -0.2) is 9.59 Å². The smallest absolute Gasteiger partial charge is 0.407 e. The summed E-state index contributed by atoms with van der Waals surface area (Å²) in [5.74, 6) is -0.170. The highest BCUT2D eigenvalue weighted by atomic mass is 16.6. The van der Waals surface area contributed by atoms with E-state index in [-0.39, 0.29) is 12.5 Å². The number of hydrogen-bond acceptors (Lipinski definition) is 4. The lowest BCUT2D eigenvalue weighted by Crippen LogP contribution is -2.46. The molecule has 1 N–H and O–H groups in total. The summed E-state index contributed by atoms with van der Waals surface area (Å²) in [4.78, 5) is 25.9. The number of amides is 1. The highest BCUT2D eigenvalue weighted by molar-refractivity contribution is 5.82. The molecule has 0 saturated carbocycles. The molecule has 0 bridgehead atoms. The summed E-state index contributed by atoms with van der Waals surface area (Å²) in [6.07, 6.45) is -0.313. The molecule has 1 unspecified atom stereocenters. The molecule has 0 heterocycles. The second-order valence-electron chi connectivity index (χ2n) is 10.7. The Morgan fingerprint density at radius 3 is 2.08 bits per heavy atom. The van der Waals surface area contributed by atoms with Crippen LogP contribution in [0.5, 0.6) is 0 Å². The standard InChI is InChI=1S/C31H35NO4/c1-20(2)22-12-10-11-21(17-22)18-28(29(33)36-31(3,4)5)32-30(34)35-19-27-25-15-8-6-13-23(25)24-14-7-9-16-26(24)27/h6-17,20,27-28H,18-19H2,1-5H3,(H,32,34). The summed E-state index contributed by atoms with van der Waals surface area (Å²) < 4.78 is 11.3. The van der Waals surface area contributed by atoms with Gasteiger partial charge in [0.25, 0.3) is 0 Å². The number of hydrogen-bond donors (Lipinski definition) is 1. The molecule has 0 aromatic heterocycles. The minimum atomic E-state index is -0.859. The van der Waals surface area contributed by atoms with Crippen LogP contribution in [0.15, 0.2) is 72.8 Å². The Bertz CT molecular complexity index is 1200. The second kappa shape index (κ2) is 10.6. The second-order valence-corrected chi connectivity index (χ2v) is 10.7. The van der Waals surface area contributed by atoms with E-state index in [1.54, 1.807) is 0 Å². The van der Waals surface area contributed by atoms with Gasteiger partial charge >= 0.3 is 12.1 Å². The maximum absolute atomic E-state index is 13.0. The van der Waals surface area contributed by atoms with Crippen molar-refractivity contribution in [3.05, 3.63) is 95.1 Å². The van der Waals surface area contributed by atoms with Gasteiger partial charge in [-0.15, -0.1) is 0 Å². The van der Waals surface area contributed by atoms with Gasteiger partial charge in [0.05, 0.1) is 0 Å². The van der Waals surface area contributed by atoms with Crippen LogP contribution in [0.1, 0.15) is 68.7 Å². The number of carbonyl (C=O) groups is 2. The van der Waals surface area contributed by atoms with E-state index in [0.717, 1.165) is 16.7 Å². The van der Waals surface area contributed by atoms with Crippen molar-refractivity contribution >= 4 is 12.1 Å². The van der Waals surface area contributed by atoms with Gasteiger partial charge in [0.1, 0.15) is 18.2 Å². The SMILES string of the molecule is CC(C)c1cccc(CC(NC(=O)OCC2c3ccccc3-c3ccccc32)C(=O)OC(C)(C)C)c1. The molecule has 0 aliphatic heterocycles. The summed E-state index contributed by atoms with van der Waals surface area (Å²) in [5.41, 5.74) is 6.07. The third kappa shape index (κ3) is 5.96. The summed E-state index contributed by atoms with van der Waals surface area (Å²) in [7, 11) is 0. The molecule has 0 saturated heterocycles. The fourth-order valence-electron chi connectivity index (χ4n) is 4.66. The topological polar surface area (TPSA) is 64.6 Å². The van der Waals surface area contributed by atoms with Crippen molar-refractivity contribution in [1.29, 1.82) is 0 Å². The molecule has 3 aromatic rings. The minimum Gasteiger partial charge on any atom is -0.458 e. The predicted octanol–water partition coefficient (Wildman–Crippen LogP) is 6.60. The number of benzene rings is 3. The van der Waals surface area contributed by atoms with Crippen LogP contribution in [0.2, 0.25) is 0 Å². The highest BCUT2D eigenvalue weighted by Gasteiger charge is 2.31. The third-order valence-corrected chi connectivity index (χ3v) is 6.38. The van der Waals surface area contributed by atoms with Crippen molar-refractivity contribution in [3.8, 4) is 11.1 Å². The first-order valence-electron chi connectivity index (χ1n) is 12.6. The zero-order valence-electron chi connectivity index (χ0n) is 21.7. The molecule has 1 aliphatic rings. The van der Waals surface area contributed by atoms with Crippen LogP contribution in [0.4, 0.5) is 4.79 Å². The zero-order chi connectivity index (χ0) is 25.9. The Kier molecular flexibility index (Phi) is 7.48. The molecule has 0 fully saturated rings. The number of ether oxygens (including phenoxy) is 2. The molecule has 1 atom stereocenters. The number of carbonyl (C=O) groups excluding carboxylic acids is 2. The van der Waals surface area contributed by atoms with Crippen LogP contribution in [-0.4, -0.2) is 30.3 Å². The number of esters is 1. The van der Waals surface area contributed by atoms with Crippen molar-refractivity contribution in [3.63, 3.8) is 0 Å². The maximum Gasteiger partial charge on any atom is 0.407 e. The van der Waals surface area contributed by atoms with E-state index < -0.39 is 23.7 Å². The number of nitrogens with one attached hydrogen (secondary N) is 1. The fourth-order valence-corrected chi connectivity index (χ4v) is 4.66. The molecule has 1 aliphatic carbocycles. The lowest BCUT2D eigenvalue weighted by Gasteiger charge is -2.25. The normalized spacial score (nSPS) is 13.6. The van der Waals surface area contributed by atoms with E-state index in [9.17, 15) is 9.59 Å². The van der Waals surface area contributed by atoms with Gasteiger partial charge in [0, 0.05) is 12.3 Å². The van der Waals surface area contributed by atoms with Crippen molar-refractivity contribution in [1.82, 2.24) is 5.32 Å². The van der Waals surface area contributed by atoms with Crippen LogP contribution >= 0.6 is 0 Å². The first-order valence-corrected chi connectivity index (χ1v) is 12.6. The van der Waals surface area contributed by atoms with E-state index >= 15 is 0 Å². The Hall–Kier alpha value is -3.60. The summed E-state index contributed by atoms with van der Waals surface area (Å²) in [6, 6.07) is 23.6. The van der Waals surface area contributed by atoms with Crippen molar-refractivity contribution in [2.75, 3.05) is 6.61 Å². The maximum atomic E-state index is 13.0. The molecular formula is C31H35NO4. The molecule has 4 rings (SSSR count). The van der Waals surface area contributed by atoms with Crippen LogP contribution in [0.3, 0.4) is 0 Å². The first kappa shape index (κ1) is 25.5. The Morgan fingerprint density at radius 1 is 0.889 bits per heavy atom. The van der Waals surface area contributed by atoms with Crippen molar-refractivity contribution < 1.29 is 19.1 Å². The average Bonchev–Trinajstić information content (AvgIpc) is 3.15. The van der Waals surface area contributed by atoms with Crippen molar-refractivity contribution in [2.45, 2.75) is 64.5 Å². The van der Waals surface area contributed by atoms with E-state index in [4.69, 9.17) is 9.47 Å². The van der Waals surface area contributed by atoms with Crippen LogP contribution in [0, 0.1) is 0 Å². The van der Waals surface area contributed by atoms with Gasteiger partial charge in [0.2, 0.25) is 0 Å². The van der Waals surface area contributed by atoms with Gasteiger partial charge < -0.3 is 14.8 Å². The third-order valence-electron chi connectivity index (χ3n) is 6.38. The molecule has 5 heteroatoms. The molecule has 5 nitrogen and oxygen atoms in total. The highest BCUT2D eigenvalue weighted by Crippen LogP contribution is 2.44. The largest absolute Gasteiger partial charge is 0.458 e. The molecular weight excluding hydrogens is 450 g/mol. The first-order chi connectivity index (χ1) is 17.1. The van der Waals surface area contributed by atoms with E-state index in [1.807, 2.05) is 57.2 Å². The summed E-state index contributed by atoms with van der Waals surface area (Å²) >= 11 is 0. The lowest BCUT2D eigenvalue weighted by molar-refractivity contribution is -0.157. The molecule has 0 radical (unpaired) electrons. The zero-order valence-corrected chi connectivity index (χ0v) is 21.7. The van der Waals surface area contributed by atoms with Crippen LogP contribution in [-0.2, 0) is 20.7 Å². The molecule has 3 aromatic carbocycles. The summed E-state index contributed by atoms with van der Waals surface area (Å²) in [5, 5.41) is 2.77. The number of alkyl carbamates (subject to hydrolysis) is 1. The molecule has 188 valence electrons. The quantitative estimate of drug-likeness (QED) is 0.383. The Morgan fingerprint density at radius 2 is 1.50 bits per heavy atom. The number of fused-ring (bicyclic) bond motifs is 3. The minimum absolute atomic E-state index is 0.0501. The molecule has 1 amide bonds.